The van der Waals surface area contributed by atoms with Gasteiger partial charge in [-0.25, -0.2) is 0 Å². The van der Waals surface area contributed by atoms with E-state index < -0.39 is 0 Å². The molecule has 4 aromatic rings. The van der Waals surface area contributed by atoms with Crippen molar-refractivity contribution >= 4 is 22.3 Å². The van der Waals surface area contributed by atoms with Gasteiger partial charge < -0.3 is 10.1 Å². The molecule has 5 heteroatoms. The molecule has 0 saturated carbocycles. The molecule has 0 spiro atoms. The highest BCUT2D eigenvalue weighted by Gasteiger charge is 2.12. The highest BCUT2D eigenvalue weighted by atomic mass is 16.5. The maximum absolute atomic E-state index is 5.47. The van der Waals surface area contributed by atoms with Gasteiger partial charge in [0.1, 0.15) is 5.75 Å². The van der Waals surface area contributed by atoms with Crippen molar-refractivity contribution in [3.8, 4) is 5.75 Å². The number of anilines is 2. The Balaban J connectivity index is 1.75. The summed E-state index contributed by atoms with van der Waals surface area (Å²) >= 11 is 0. The number of nitrogens with zero attached hydrogens (tertiary/aromatic N) is 3. The number of hydrogen-bond donors (Lipinski definition) is 1. The van der Waals surface area contributed by atoms with E-state index in [1.807, 2.05) is 49.4 Å². The Bertz CT molecular complexity index is 1080. The number of rotatable bonds is 5. The van der Waals surface area contributed by atoms with Crippen molar-refractivity contribution in [1.29, 1.82) is 0 Å². The van der Waals surface area contributed by atoms with Crippen LogP contribution in [0, 0.1) is 6.92 Å². The lowest BCUT2D eigenvalue weighted by Crippen LogP contribution is -2.03. The number of fused-ring (bicyclic) bond motifs is 1. The van der Waals surface area contributed by atoms with Crippen LogP contribution in [0.3, 0.4) is 0 Å². The lowest BCUT2D eigenvalue weighted by Gasteiger charge is -2.14. The highest BCUT2D eigenvalue weighted by Crippen LogP contribution is 2.31. The monoisotopic (exact) mass is 356 g/mol. The largest absolute Gasteiger partial charge is 0.495 e. The Morgan fingerprint density at radius 1 is 0.926 bits per heavy atom. The lowest BCUT2D eigenvalue weighted by atomic mass is 10.0. The summed E-state index contributed by atoms with van der Waals surface area (Å²) in [4.78, 5) is 4.08. The average Bonchev–Trinajstić information content (AvgIpc) is 2.71. The van der Waals surface area contributed by atoms with Crippen molar-refractivity contribution in [2.24, 2.45) is 0 Å². The average molecular weight is 356 g/mol. The minimum atomic E-state index is 0.712. The Hall–Kier alpha value is -3.47. The van der Waals surface area contributed by atoms with Crippen LogP contribution in [-0.2, 0) is 6.42 Å². The van der Waals surface area contributed by atoms with E-state index in [1.165, 1.54) is 0 Å². The van der Waals surface area contributed by atoms with Crippen LogP contribution in [0.2, 0.25) is 0 Å². The van der Waals surface area contributed by atoms with Crippen LogP contribution < -0.4 is 10.1 Å². The van der Waals surface area contributed by atoms with Crippen molar-refractivity contribution in [2.45, 2.75) is 13.3 Å². The van der Waals surface area contributed by atoms with Gasteiger partial charge in [0.25, 0.3) is 0 Å². The molecule has 4 rings (SSSR count). The van der Waals surface area contributed by atoms with Crippen LogP contribution in [0.5, 0.6) is 5.75 Å². The molecule has 0 aliphatic heterocycles. The van der Waals surface area contributed by atoms with E-state index in [0.29, 0.717) is 12.2 Å². The number of pyridine rings is 1. The fraction of sp³-hybridized carbons (Fsp3) is 0.136. The first-order valence-electron chi connectivity index (χ1n) is 8.79. The maximum atomic E-state index is 5.47. The number of methoxy groups -OCH3 is 1. The normalized spacial score (nSPS) is 10.7. The Labute approximate surface area is 158 Å². The summed E-state index contributed by atoms with van der Waals surface area (Å²) in [6.45, 7) is 2.05. The zero-order valence-electron chi connectivity index (χ0n) is 15.3. The van der Waals surface area contributed by atoms with Gasteiger partial charge in [-0.1, -0.05) is 30.3 Å². The Morgan fingerprint density at radius 3 is 2.48 bits per heavy atom. The van der Waals surface area contributed by atoms with E-state index in [-0.39, 0.29) is 0 Å². The molecule has 0 aliphatic carbocycles. The first-order chi connectivity index (χ1) is 13.2. The van der Waals surface area contributed by atoms with Crippen LogP contribution in [0.15, 0.2) is 67.0 Å². The van der Waals surface area contributed by atoms with Crippen LogP contribution in [0.25, 0.3) is 10.8 Å². The quantitative estimate of drug-likeness (QED) is 0.563. The van der Waals surface area contributed by atoms with Gasteiger partial charge in [-0.05, 0) is 42.3 Å². The molecule has 2 aromatic carbocycles. The summed E-state index contributed by atoms with van der Waals surface area (Å²) < 4.78 is 5.47. The smallest absolute Gasteiger partial charge is 0.161 e. The van der Waals surface area contributed by atoms with E-state index in [1.54, 1.807) is 19.5 Å². The second-order valence-electron chi connectivity index (χ2n) is 6.40. The molecule has 0 bridgehead atoms. The van der Waals surface area contributed by atoms with E-state index in [4.69, 9.17) is 4.74 Å². The van der Waals surface area contributed by atoms with Gasteiger partial charge in [0.05, 0.1) is 18.5 Å². The van der Waals surface area contributed by atoms with Crippen LogP contribution in [0.1, 0.15) is 16.8 Å². The second kappa shape index (κ2) is 7.41. The molecule has 0 fully saturated rings. The van der Waals surface area contributed by atoms with E-state index >= 15 is 0 Å². The van der Waals surface area contributed by atoms with Crippen molar-refractivity contribution in [1.82, 2.24) is 15.2 Å². The number of benzene rings is 2. The number of aromatic nitrogens is 3. The molecule has 5 nitrogen and oxygen atoms in total. The Kier molecular flexibility index (Phi) is 4.66. The van der Waals surface area contributed by atoms with Gasteiger partial charge >= 0.3 is 0 Å². The third-order valence-corrected chi connectivity index (χ3v) is 4.49. The Morgan fingerprint density at radius 2 is 1.70 bits per heavy atom. The molecular weight excluding hydrogens is 336 g/mol. The maximum Gasteiger partial charge on any atom is 0.161 e. The molecule has 0 atom stereocenters. The first-order valence-corrected chi connectivity index (χ1v) is 8.79. The van der Waals surface area contributed by atoms with Crippen LogP contribution in [0.4, 0.5) is 11.5 Å². The summed E-state index contributed by atoms with van der Waals surface area (Å²) in [7, 11) is 1.66. The van der Waals surface area contributed by atoms with Crippen LogP contribution >= 0.6 is 0 Å². The predicted molar refractivity (Wildman–Crippen MR) is 108 cm³/mol. The van der Waals surface area contributed by atoms with E-state index in [2.05, 4.69) is 32.6 Å². The molecule has 134 valence electrons. The van der Waals surface area contributed by atoms with Crippen LogP contribution in [-0.4, -0.2) is 22.3 Å². The van der Waals surface area contributed by atoms with Gasteiger partial charge in [0, 0.05) is 29.6 Å². The molecule has 2 heterocycles. The fourth-order valence-corrected chi connectivity index (χ4v) is 3.12. The standard InChI is InChI=1S/C22H20N4O/c1-15-7-8-21(27-2)20(13-15)24-22-18-6-4-3-5-17(18)19(25-26-22)14-16-9-11-23-12-10-16/h3-13H,14H2,1-2H3,(H,24,26). The van der Waals surface area contributed by atoms with Crippen molar-refractivity contribution in [2.75, 3.05) is 12.4 Å². The minimum absolute atomic E-state index is 0.712. The van der Waals surface area contributed by atoms with Crippen molar-refractivity contribution in [3.63, 3.8) is 0 Å². The minimum Gasteiger partial charge on any atom is -0.495 e. The highest BCUT2D eigenvalue weighted by molar-refractivity contribution is 5.94. The number of ether oxygens (including phenoxy) is 1. The summed E-state index contributed by atoms with van der Waals surface area (Å²) in [5.41, 5.74) is 4.12. The SMILES string of the molecule is COc1ccc(C)cc1Nc1nnc(Cc2ccncc2)c2ccccc12. The van der Waals surface area contributed by atoms with Gasteiger partial charge in [-0.2, -0.15) is 5.10 Å². The molecule has 1 N–H and O–H groups in total. The molecule has 0 amide bonds. The molecule has 27 heavy (non-hydrogen) atoms. The van der Waals surface area contributed by atoms with Gasteiger partial charge in [-0.3, -0.25) is 4.98 Å². The number of nitrogens with one attached hydrogen (secondary N) is 1. The molecule has 0 unspecified atom stereocenters. The van der Waals surface area contributed by atoms with Gasteiger partial charge in [0.2, 0.25) is 0 Å². The first kappa shape index (κ1) is 17.0. The topological polar surface area (TPSA) is 59.9 Å². The zero-order valence-corrected chi connectivity index (χ0v) is 15.3. The van der Waals surface area contributed by atoms with Crippen molar-refractivity contribution < 1.29 is 4.74 Å². The molecule has 0 radical (unpaired) electrons. The summed E-state index contributed by atoms with van der Waals surface area (Å²) in [6.07, 6.45) is 4.31. The zero-order chi connectivity index (χ0) is 18.6. The summed E-state index contributed by atoms with van der Waals surface area (Å²) in [6, 6.07) is 18.2. The lowest BCUT2D eigenvalue weighted by molar-refractivity contribution is 0.416. The second-order valence-corrected chi connectivity index (χ2v) is 6.40. The summed E-state index contributed by atoms with van der Waals surface area (Å²) in [5, 5.41) is 14.5. The van der Waals surface area contributed by atoms with E-state index in [9.17, 15) is 0 Å². The van der Waals surface area contributed by atoms with E-state index in [0.717, 1.165) is 39.0 Å². The third kappa shape index (κ3) is 3.58. The van der Waals surface area contributed by atoms with Gasteiger partial charge in [0.15, 0.2) is 5.82 Å². The van der Waals surface area contributed by atoms with Gasteiger partial charge in [-0.15, -0.1) is 5.10 Å². The molecular formula is C22H20N4O. The molecule has 0 aliphatic rings. The molecule has 2 aromatic heterocycles. The third-order valence-electron chi connectivity index (χ3n) is 4.49. The summed E-state index contributed by atoms with van der Waals surface area (Å²) in [5.74, 6) is 1.49. The predicted octanol–water partition coefficient (Wildman–Crippen LogP) is 4.68. The number of aryl methyl sites for hydroxylation is 1. The molecule has 0 saturated heterocycles. The fourth-order valence-electron chi connectivity index (χ4n) is 3.12. The number of hydrogen-bond acceptors (Lipinski definition) is 5. The van der Waals surface area contributed by atoms with Crippen molar-refractivity contribution in [3.05, 3.63) is 83.8 Å².